The fourth-order valence-corrected chi connectivity index (χ4v) is 1.52. The molecule has 1 heterocycles. The molecule has 21 heavy (non-hydrogen) atoms. The SMILES string of the molecule is N#Cc1ccc(Oc2cc(C(=O)O)c([N+](=O)[O-])cn2)cc1. The maximum Gasteiger partial charge on any atom is 0.342 e. The van der Waals surface area contributed by atoms with Gasteiger partial charge in [0.1, 0.15) is 17.5 Å². The number of carboxylic acid groups (broad SMARTS) is 1. The fourth-order valence-electron chi connectivity index (χ4n) is 1.52. The van der Waals surface area contributed by atoms with Crippen LogP contribution in [0.5, 0.6) is 11.6 Å². The Morgan fingerprint density at radius 3 is 2.57 bits per heavy atom. The monoisotopic (exact) mass is 285 g/mol. The highest BCUT2D eigenvalue weighted by Crippen LogP contribution is 2.25. The van der Waals surface area contributed by atoms with Gasteiger partial charge in [-0.1, -0.05) is 0 Å². The maximum atomic E-state index is 11.0. The molecule has 2 rings (SSSR count). The van der Waals surface area contributed by atoms with E-state index in [1.165, 1.54) is 24.3 Å². The van der Waals surface area contributed by atoms with Crippen molar-refractivity contribution in [2.75, 3.05) is 0 Å². The zero-order chi connectivity index (χ0) is 15.4. The van der Waals surface area contributed by atoms with Crippen molar-refractivity contribution in [2.45, 2.75) is 0 Å². The normalized spacial score (nSPS) is 9.67. The van der Waals surface area contributed by atoms with Crippen molar-refractivity contribution in [1.29, 1.82) is 5.26 Å². The second-order valence-electron chi connectivity index (χ2n) is 3.84. The quantitative estimate of drug-likeness (QED) is 0.674. The van der Waals surface area contributed by atoms with Gasteiger partial charge in [0.05, 0.1) is 16.6 Å². The third-order valence-electron chi connectivity index (χ3n) is 2.49. The van der Waals surface area contributed by atoms with Gasteiger partial charge in [-0.3, -0.25) is 10.1 Å². The molecule has 0 amide bonds. The van der Waals surface area contributed by atoms with Gasteiger partial charge in [-0.2, -0.15) is 5.26 Å². The number of rotatable bonds is 4. The lowest BCUT2D eigenvalue weighted by molar-refractivity contribution is -0.385. The molecule has 8 nitrogen and oxygen atoms in total. The molecule has 2 aromatic rings. The number of aromatic nitrogens is 1. The number of hydrogen-bond acceptors (Lipinski definition) is 6. The molecule has 1 aromatic carbocycles. The van der Waals surface area contributed by atoms with Gasteiger partial charge in [-0.15, -0.1) is 0 Å². The third-order valence-corrected chi connectivity index (χ3v) is 2.49. The molecule has 0 radical (unpaired) electrons. The second-order valence-corrected chi connectivity index (χ2v) is 3.84. The van der Waals surface area contributed by atoms with Crippen molar-refractivity contribution in [3.8, 4) is 17.7 Å². The molecule has 0 unspecified atom stereocenters. The van der Waals surface area contributed by atoms with E-state index < -0.39 is 22.1 Å². The zero-order valence-corrected chi connectivity index (χ0v) is 10.4. The van der Waals surface area contributed by atoms with Crippen LogP contribution in [-0.2, 0) is 0 Å². The van der Waals surface area contributed by atoms with Crippen molar-refractivity contribution in [3.05, 3.63) is 57.8 Å². The Balaban J connectivity index is 2.32. The maximum absolute atomic E-state index is 11.0. The highest BCUT2D eigenvalue weighted by Gasteiger charge is 2.21. The minimum Gasteiger partial charge on any atom is -0.477 e. The van der Waals surface area contributed by atoms with E-state index in [4.69, 9.17) is 15.1 Å². The summed E-state index contributed by atoms with van der Waals surface area (Å²) < 4.78 is 5.30. The van der Waals surface area contributed by atoms with Crippen LogP contribution in [-0.4, -0.2) is 21.0 Å². The largest absolute Gasteiger partial charge is 0.477 e. The van der Waals surface area contributed by atoms with Gasteiger partial charge in [0.2, 0.25) is 5.88 Å². The first-order chi connectivity index (χ1) is 10.0. The van der Waals surface area contributed by atoms with Crippen LogP contribution in [0.4, 0.5) is 5.69 Å². The van der Waals surface area contributed by atoms with Gasteiger partial charge < -0.3 is 9.84 Å². The Hall–Kier alpha value is -3.47. The number of pyridine rings is 1. The number of nitro groups is 1. The van der Waals surface area contributed by atoms with Crippen molar-refractivity contribution in [2.24, 2.45) is 0 Å². The van der Waals surface area contributed by atoms with Crippen LogP contribution in [0.1, 0.15) is 15.9 Å². The molecule has 104 valence electrons. The van der Waals surface area contributed by atoms with Crippen molar-refractivity contribution < 1.29 is 19.6 Å². The summed E-state index contributed by atoms with van der Waals surface area (Å²) in [6.07, 6.45) is 0.822. The lowest BCUT2D eigenvalue weighted by Crippen LogP contribution is -2.04. The minimum atomic E-state index is -1.45. The molecule has 0 atom stereocenters. The average Bonchev–Trinajstić information content (AvgIpc) is 2.47. The van der Waals surface area contributed by atoms with Crippen LogP contribution in [0.2, 0.25) is 0 Å². The van der Waals surface area contributed by atoms with Crippen molar-refractivity contribution in [1.82, 2.24) is 4.98 Å². The molecule has 0 spiro atoms. The summed E-state index contributed by atoms with van der Waals surface area (Å²) in [6.45, 7) is 0. The van der Waals surface area contributed by atoms with E-state index in [2.05, 4.69) is 4.98 Å². The lowest BCUT2D eigenvalue weighted by atomic mass is 10.2. The number of nitriles is 1. The fraction of sp³-hybridized carbons (Fsp3) is 0. The van der Waals surface area contributed by atoms with Crippen LogP contribution in [0, 0.1) is 21.4 Å². The highest BCUT2D eigenvalue weighted by atomic mass is 16.6. The number of aromatic carboxylic acids is 1. The molecule has 0 fully saturated rings. The summed E-state index contributed by atoms with van der Waals surface area (Å²) in [6, 6.07) is 8.94. The standard InChI is InChI=1S/C13H7N3O5/c14-6-8-1-3-9(4-2-8)21-12-5-10(13(17)18)11(7-15-12)16(19)20/h1-5,7H,(H,17,18). The van der Waals surface area contributed by atoms with Gasteiger partial charge in [0, 0.05) is 6.07 Å². The van der Waals surface area contributed by atoms with Crippen LogP contribution in [0.3, 0.4) is 0 Å². The predicted molar refractivity (Wildman–Crippen MR) is 69.1 cm³/mol. The van der Waals surface area contributed by atoms with E-state index in [9.17, 15) is 14.9 Å². The Morgan fingerprint density at radius 1 is 1.38 bits per heavy atom. The molecular formula is C13H7N3O5. The number of ether oxygens (including phenoxy) is 1. The molecular weight excluding hydrogens is 278 g/mol. The second kappa shape index (κ2) is 5.66. The summed E-state index contributed by atoms with van der Waals surface area (Å²) in [5.41, 5.74) is -0.696. The van der Waals surface area contributed by atoms with E-state index in [0.717, 1.165) is 12.3 Å². The highest BCUT2D eigenvalue weighted by molar-refractivity contribution is 5.92. The molecule has 1 N–H and O–H groups in total. The van der Waals surface area contributed by atoms with Crippen LogP contribution < -0.4 is 4.74 Å². The topological polar surface area (TPSA) is 126 Å². The molecule has 0 saturated heterocycles. The van der Waals surface area contributed by atoms with Gasteiger partial charge in [0.15, 0.2) is 0 Å². The molecule has 0 saturated carbocycles. The Labute approximate surface area is 118 Å². The Kier molecular flexibility index (Phi) is 3.76. The smallest absolute Gasteiger partial charge is 0.342 e. The molecule has 0 aliphatic heterocycles. The Bertz CT molecular complexity index is 749. The summed E-state index contributed by atoms with van der Waals surface area (Å²) in [5, 5.41) is 28.3. The number of carbonyl (C=O) groups is 1. The third kappa shape index (κ3) is 3.10. The van der Waals surface area contributed by atoms with E-state index in [0.29, 0.717) is 11.3 Å². The summed E-state index contributed by atoms with van der Waals surface area (Å²) in [7, 11) is 0. The van der Waals surface area contributed by atoms with Crippen molar-refractivity contribution in [3.63, 3.8) is 0 Å². The van der Waals surface area contributed by atoms with Gasteiger partial charge in [0.25, 0.3) is 0 Å². The zero-order valence-electron chi connectivity index (χ0n) is 10.4. The first-order valence-electron chi connectivity index (χ1n) is 5.57. The molecule has 8 heteroatoms. The van der Waals surface area contributed by atoms with Gasteiger partial charge in [-0.25, -0.2) is 9.78 Å². The molecule has 0 aliphatic rings. The number of benzene rings is 1. The van der Waals surface area contributed by atoms with Gasteiger partial charge in [-0.05, 0) is 24.3 Å². The van der Waals surface area contributed by atoms with E-state index in [-0.39, 0.29) is 5.88 Å². The average molecular weight is 285 g/mol. The lowest BCUT2D eigenvalue weighted by Gasteiger charge is -2.05. The molecule has 0 aliphatic carbocycles. The molecule has 1 aromatic heterocycles. The van der Waals surface area contributed by atoms with Crippen LogP contribution >= 0.6 is 0 Å². The number of hydrogen-bond donors (Lipinski definition) is 1. The molecule has 0 bridgehead atoms. The van der Waals surface area contributed by atoms with Crippen LogP contribution in [0.15, 0.2) is 36.5 Å². The van der Waals surface area contributed by atoms with E-state index in [1.807, 2.05) is 6.07 Å². The number of nitrogens with zero attached hydrogens (tertiary/aromatic N) is 3. The van der Waals surface area contributed by atoms with Crippen molar-refractivity contribution >= 4 is 11.7 Å². The van der Waals surface area contributed by atoms with E-state index >= 15 is 0 Å². The minimum absolute atomic E-state index is 0.0947. The Morgan fingerprint density at radius 2 is 2.05 bits per heavy atom. The number of carboxylic acids is 1. The first-order valence-corrected chi connectivity index (χ1v) is 5.57. The summed E-state index contributed by atoms with van der Waals surface area (Å²) >= 11 is 0. The summed E-state index contributed by atoms with van der Waals surface area (Å²) in [4.78, 5) is 24.5. The first kappa shape index (κ1) is 14.0. The van der Waals surface area contributed by atoms with Gasteiger partial charge >= 0.3 is 11.7 Å². The van der Waals surface area contributed by atoms with E-state index in [1.54, 1.807) is 0 Å². The summed E-state index contributed by atoms with van der Waals surface area (Å²) in [5.74, 6) is -1.22. The predicted octanol–water partition coefficient (Wildman–Crippen LogP) is 2.35. The van der Waals surface area contributed by atoms with Crippen LogP contribution in [0.25, 0.3) is 0 Å².